The van der Waals surface area contributed by atoms with Crippen LogP contribution in [-0.2, 0) is 4.79 Å². The molecule has 0 saturated carbocycles. The summed E-state index contributed by atoms with van der Waals surface area (Å²) in [5.74, 6) is 2.56. The van der Waals surface area contributed by atoms with E-state index in [0.717, 1.165) is 17.5 Å². The van der Waals surface area contributed by atoms with Crippen molar-refractivity contribution in [2.24, 2.45) is 0 Å². The standard InChI is InChI=1S/C12H21N5O/c1-8(2)12-16-9(13-3)7-10(17-12)15-6-5-11(18)14-4/h7-8H,5-6H2,1-4H3,(H,14,18)(H2,13,15,16,17). The van der Waals surface area contributed by atoms with Gasteiger partial charge < -0.3 is 16.0 Å². The Labute approximate surface area is 108 Å². The van der Waals surface area contributed by atoms with Crippen LogP contribution in [0, 0.1) is 0 Å². The summed E-state index contributed by atoms with van der Waals surface area (Å²) in [5.41, 5.74) is 0. The highest BCUT2D eigenvalue weighted by Crippen LogP contribution is 2.16. The lowest BCUT2D eigenvalue weighted by molar-refractivity contribution is -0.120. The molecule has 1 rings (SSSR count). The number of amides is 1. The van der Waals surface area contributed by atoms with Crippen molar-refractivity contribution < 1.29 is 4.79 Å². The number of carbonyl (C=O) groups excluding carboxylic acids is 1. The van der Waals surface area contributed by atoms with Gasteiger partial charge in [0.15, 0.2) is 0 Å². The lowest BCUT2D eigenvalue weighted by Crippen LogP contribution is -2.21. The van der Waals surface area contributed by atoms with Crippen molar-refractivity contribution in [2.45, 2.75) is 26.2 Å². The van der Waals surface area contributed by atoms with Gasteiger partial charge in [0, 0.05) is 39.0 Å². The van der Waals surface area contributed by atoms with Gasteiger partial charge in [-0.25, -0.2) is 9.97 Å². The van der Waals surface area contributed by atoms with E-state index in [-0.39, 0.29) is 11.8 Å². The third-order valence-corrected chi connectivity index (χ3v) is 2.45. The summed E-state index contributed by atoms with van der Waals surface area (Å²) in [5, 5.41) is 8.71. The predicted molar refractivity (Wildman–Crippen MR) is 72.8 cm³/mol. The molecule has 0 radical (unpaired) electrons. The maximum absolute atomic E-state index is 11.1. The van der Waals surface area contributed by atoms with Gasteiger partial charge in [-0.3, -0.25) is 4.79 Å². The molecule has 3 N–H and O–H groups in total. The van der Waals surface area contributed by atoms with E-state index in [9.17, 15) is 4.79 Å². The van der Waals surface area contributed by atoms with E-state index in [4.69, 9.17) is 0 Å². The molecule has 100 valence electrons. The summed E-state index contributed by atoms with van der Waals surface area (Å²) >= 11 is 0. The van der Waals surface area contributed by atoms with Gasteiger partial charge in [0.25, 0.3) is 0 Å². The number of rotatable bonds is 6. The van der Waals surface area contributed by atoms with Crippen molar-refractivity contribution in [3.63, 3.8) is 0 Å². The van der Waals surface area contributed by atoms with Crippen molar-refractivity contribution in [2.75, 3.05) is 31.3 Å². The first-order chi connectivity index (χ1) is 8.56. The number of aromatic nitrogens is 2. The molecule has 0 aliphatic heterocycles. The first-order valence-electron chi connectivity index (χ1n) is 6.08. The molecule has 0 fully saturated rings. The fraction of sp³-hybridized carbons (Fsp3) is 0.583. The first kappa shape index (κ1) is 14.2. The van der Waals surface area contributed by atoms with Gasteiger partial charge in [0.2, 0.25) is 5.91 Å². The number of nitrogens with one attached hydrogen (secondary N) is 3. The Balaban J connectivity index is 2.69. The van der Waals surface area contributed by atoms with E-state index in [0.29, 0.717) is 13.0 Å². The minimum absolute atomic E-state index is 0.00878. The molecular weight excluding hydrogens is 230 g/mol. The van der Waals surface area contributed by atoms with Gasteiger partial charge in [-0.15, -0.1) is 0 Å². The van der Waals surface area contributed by atoms with E-state index in [1.807, 2.05) is 27.0 Å². The highest BCUT2D eigenvalue weighted by atomic mass is 16.1. The van der Waals surface area contributed by atoms with Crippen molar-refractivity contribution in [1.82, 2.24) is 15.3 Å². The zero-order chi connectivity index (χ0) is 13.5. The van der Waals surface area contributed by atoms with Crippen molar-refractivity contribution >= 4 is 17.5 Å². The summed E-state index contributed by atoms with van der Waals surface area (Å²) in [7, 11) is 3.45. The normalized spacial score (nSPS) is 10.3. The number of hydrogen-bond donors (Lipinski definition) is 3. The highest BCUT2D eigenvalue weighted by Gasteiger charge is 2.07. The van der Waals surface area contributed by atoms with Crippen molar-refractivity contribution in [1.29, 1.82) is 0 Å². The molecular formula is C12H21N5O. The second-order valence-corrected chi connectivity index (χ2v) is 4.25. The maximum atomic E-state index is 11.1. The van der Waals surface area contributed by atoms with E-state index in [2.05, 4.69) is 25.9 Å². The lowest BCUT2D eigenvalue weighted by Gasteiger charge is -2.11. The molecule has 0 aliphatic rings. The summed E-state index contributed by atoms with van der Waals surface area (Å²) in [4.78, 5) is 19.9. The van der Waals surface area contributed by atoms with Crippen LogP contribution in [0.2, 0.25) is 0 Å². The molecule has 1 aromatic rings. The molecule has 0 atom stereocenters. The molecule has 0 bridgehead atoms. The minimum atomic E-state index is 0.00878. The van der Waals surface area contributed by atoms with E-state index >= 15 is 0 Å². The molecule has 0 spiro atoms. The van der Waals surface area contributed by atoms with Gasteiger partial charge in [-0.2, -0.15) is 0 Å². The Morgan fingerprint density at radius 1 is 1.28 bits per heavy atom. The first-order valence-corrected chi connectivity index (χ1v) is 6.08. The van der Waals surface area contributed by atoms with Crippen LogP contribution in [0.15, 0.2) is 6.07 Å². The molecule has 18 heavy (non-hydrogen) atoms. The van der Waals surface area contributed by atoms with Crippen LogP contribution in [0.3, 0.4) is 0 Å². The molecule has 0 aromatic carbocycles. The van der Waals surface area contributed by atoms with Gasteiger partial charge in [0.05, 0.1) is 0 Å². The van der Waals surface area contributed by atoms with Gasteiger partial charge in [-0.1, -0.05) is 13.8 Å². The Morgan fingerprint density at radius 3 is 2.50 bits per heavy atom. The second kappa shape index (κ2) is 6.78. The Kier molecular flexibility index (Phi) is 5.35. The zero-order valence-corrected chi connectivity index (χ0v) is 11.4. The number of anilines is 2. The van der Waals surface area contributed by atoms with Crippen LogP contribution in [0.4, 0.5) is 11.6 Å². The van der Waals surface area contributed by atoms with Crippen LogP contribution in [0.5, 0.6) is 0 Å². The molecule has 1 heterocycles. The monoisotopic (exact) mass is 251 g/mol. The fourth-order valence-corrected chi connectivity index (χ4v) is 1.37. The lowest BCUT2D eigenvalue weighted by atomic mass is 10.2. The highest BCUT2D eigenvalue weighted by molar-refractivity contribution is 5.76. The molecule has 1 aromatic heterocycles. The number of carbonyl (C=O) groups is 1. The third kappa shape index (κ3) is 4.20. The quantitative estimate of drug-likeness (QED) is 0.708. The average Bonchev–Trinajstić information content (AvgIpc) is 2.37. The number of nitrogens with zero attached hydrogens (tertiary/aromatic N) is 2. The Hall–Kier alpha value is -1.85. The van der Waals surface area contributed by atoms with Crippen LogP contribution in [-0.4, -0.2) is 36.5 Å². The maximum Gasteiger partial charge on any atom is 0.221 e. The molecule has 6 nitrogen and oxygen atoms in total. The molecule has 1 amide bonds. The second-order valence-electron chi connectivity index (χ2n) is 4.25. The Bertz CT molecular complexity index is 405. The van der Waals surface area contributed by atoms with E-state index < -0.39 is 0 Å². The molecule has 6 heteroatoms. The summed E-state index contributed by atoms with van der Waals surface area (Å²) in [6, 6.07) is 1.83. The zero-order valence-electron chi connectivity index (χ0n) is 11.4. The van der Waals surface area contributed by atoms with E-state index in [1.165, 1.54) is 0 Å². The van der Waals surface area contributed by atoms with Gasteiger partial charge in [0.1, 0.15) is 17.5 Å². The summed E-state index contributed by atoms with van der Waals surface area (Å²) < 4.78 is 0. The fourth-order valence-electron chi connectivity index (χ4n) is 1.37. The molecule has 0 aliphatic carbocycles. The van der Waals surface area contributed by atoms with Crippen LogP contribution in [0.1, 0.15) is 32.0 Å². The van der Waals surface area contributed by atoms with Crippen LogP contribution < -0.4 is 16.0 Å². The van der Waals surface area contributed by atoms with Crippen LogP contribution >= 0.6 is 0 Å². The minimum Gasteiger partial charge on any atom is -0.373 e. The summed E-state index contributed by atoms with van der Waals surface area (Å²) in [6.45, 7) is 4.64. The smallest absolute Gasteiger partial charge is 0.221 e. The topological polar surface area (TPSA) is 78.9 Å². The molecule has 0 saturated heterocycles. The average molecular weight is 251 g/mol. The largest absolute Gasteiger partial charge is 0.373 e. The number of hydrogen-bond acceptors (Lipinski definition) is 5. The molecule has 0 unspecified atom stereocenters. The van der Waals surface area contributed by atoms with Crippen LogP contribution in [0.25, 0.3) is 0 Å². The van der Waals surface area contributed by atoms with Gasteiger partial charge in [-0.05, 0) is 0 Å². The summed E-state index contributed by atoms with van der Waals surface area (Å²) in [6.07, 6.45) is 0.423. The van der Waals surface area contributed by atoms with Crippen molar-refractivity contribution in [3.05, 3.63) is 11.9 Å². The SMILES string of the molecule is CNC(=O)CCNc1cc(NC)nc(C(C)C)n1. The van der Waals surface area contributed by atoms with Crippen molar-refractivity contribution in [3.8, 4) is 0 Å². The predicted octanol–water partition coefficient (Wildman–Crippen LogP) is 1.19. The van der Waals surface area contributed by atoms with E-state index in [1.54, 1.807) is 7.05 Å². The third-order valence-electron chi connectivity index (χ3n) is 2.45. The Morgan fingerprint density at radius 2 is 1.94 bits per heavy atom. The van der Waals surface area contributed by atoms with Gasteiger partial charge >= 0.3 is 0 Å².